The Morgan fingerprint density at radius 3 is 2.76 bits per heavy atom. The zero-order valence-electron chi connectivity index (χ0n) is 14.0. The van der Waals surface area contributed by atoms with Crippen LogP contribution < -0.4 is 4.90 Å². The summed E-state index contributed by atoms with van der Waals surface area (Å²) in [5.41, 5.74) is 0.553. The van der Waals surface area contributed by atoms with Crippen molar-refractivity contribution in [1.29, 1.82) is 0 Å². The van der Waals surface area contributed by atoms with Gasteiger partial charge in [-0.15, -0.1) is 0 Å². The van der Waals surface area contributed by atoms with Crippen LogP contribution >= 0.6 is 0 Å². The molecule has 3 heterocycles. The lowest BCUT2D eigenvalue weighted by molar-refractivity contribution is -0.384. The summed E-state index contributed by atoms with van der Waals surface area (Å²) < 4.78 is 7.13. The van der Waals surface area contributed by atoms with Crippen molar-refractivity contribution in [2.45, 2.75) is 12.8 Å². The van der Waals surface area contributed by atoms with Gasteiger partial charge in [-0.25, -0.2) is 9.78 Å². The minimum atomic E-state index is -0.407. The zero-order valence-corrected chi connectivity index (χ0v) is 14.0. The van der Waals surface area contributed by atoms with Crippen LogP contribution in [0.15, 0.2) is 36.7 Å². The first-order chi connectivity index (χ1) is 12.1. The molecule has 1 aliphatic heterocycles. The second-order valence-electron chi connectivity index (χ2n) is 6.14. The van der Waals surface area contributed by atoms with Gasteiger partial charge >= 0.3 is 11.7 Å². The Morgan fingerprint density at radius 1 is 1.36 bits per heavy atom. The van der Waals surface area contributed by atoms with Crippen LogP contribution in [0.4, 0.5) is 11.5 Å². The fourth-order valence-corrected chi connectivity index (χ4v) is 3.03. The molecule has 0 aromatic carbocycles. The highest BCUT2D eigenvalue weighted by atomic mass is 16.6. The van der Waals surface area contributed by atoms with Crippen molar-refractivity contribution >= 4 is 17.5 Å². The standard InChI is InChI=1S/C17H20N4O4/c1-19-9-3-5-15(19)17(22)25-12-13-6-10-20(11-7-13)16-14(21(23)24)4-2-8-18-16/h2-5,8-9,13H,6-7,10-12H2,1H3. The fraction of sp³-hybridized carbons (Fsp3) is 0.412. The second kappa shape index (κ2) is 7.33. The molecule has 0 atom stereocenters. The normalized spacial score (nSPS) is 15.2. The van der Waals surface area contributed by atoms with Crippen molar-refractivity contribution < 1.29 is 14.5 Å². The van der Waals surface area contributed by atoms with Gasteiger partial charge in [0.25, 0.3) is 0 Å². The highest BCUT2D eigenvalue weighted by Gasteiger charge is 2.26. The third-order valence-corrected chi connectivity index (χ3v) is 4.48. The van der Waals surface area contributed by atoms with Crippen molar-refractivity contribution in [1.82, 2.24) is 9.55 Å². The number of hydrogen-bond donors (Lipinski definition) is 0. The summed E-state index contributed by atoms with van der Waals surface area (Å²) in [6.07, 6.45) is 4.97. The van der Waals surface area contributed by atoms with Gasteiger partial charge in [0.2, 0.25) is 5.82 Å². The van der Waals surface area contributed by atoms with E-state index in [4.69, 9.17) is 4.74 Å². The molecule has 0 bridgehead atoms. The van der Waals surface area contributed by atoms with Crippen LogP contribution in [0, 0.1) is 16.0 Å². The molecule has 0 amide bonds. The van der Waals surface area contributed by atoms with Gasteiger partial charge in [0.1, 0.15) is 5.69 Å². The maximum Gasteiger partial charge on any atom is 0.354 e. The van der Waals surface area contributed by atoms with E-state index in [1.165, 1.54) is 6.07 Å². The highest BCUT2D eigenvalue weighted by molar-refractivity contribution is 5.87. The Bertz CT molecular complexity index is 766. The molecule has 0 aliphatic carbocycles. The summed E-state index contributed by atoms with van der Waals surface area (Å²) in [6.45, 7) is 1.68. The Hall–Kier alpha value is -2.90. The molecule has 8 heteroatoms. The van der Waals surface area contributed by atoms with Crippen LogP contribution in [0.3, 0.4) is 0 Å². The van der Waals surface area contributed by atoms with Crippen LogP contribution in [-0.2, 0) is 11.8 Å². The van der Waals surface area contributed by atoms with Gasteiger partial charge in [0.05, 0.1) is 11.5 Å². The third kappa shape index (κ3) is 3.78. The van der Waals surface area contributed by atoms with Gasteiger partial charge in [-0.2, -0.15) is 0 Å². The Labute approximate surface area is 145 Å². The fourth-order valence-electron chi connectivity index (χ4n) is 3.03. The van der Waals surface area contributed by atoms with Gasteiger partial charge in [-0.3, -0.25) is 10.1 Å². The molecule has 0 radical (unpaired) electrons. The van der Waals surface area contributed by atoms with Crippen LogP contribution in [0.1, 0.15) is 23.3 Å². The maximum absolute atomic E-state index is 12.0. The van der Waals surface area contributed by atoms with Gasteiger partial charge < -0.3 is 14.2 Å². The van der Waals surface area contributed by atoms with Crippen LogP contribution in [0.25, 0.3) is 0 Å². The molecule has 132 valence electrons. The van der Waals surface area contributed by atoms with Crippen molar-refractivity contribution in [2.24, 2.45) is 13.0 Å². The molecule has 2 aromatic heterocycles. The quantitative estimate of drug-likeness (QED) is 0.470. The van der Waals surface area contributed by atoms with Gasteiger partial charge in [-0.1, -0.05) is 0 Å². The highest BCUT2D eigenvalue weighted by Crippen LogP contribution is 2.29. The molecule has 25 heavy (non-hydrogen) atoms. The monoisotopic (exact) mass is 344 g/mol. The number of piperidine rings is 1. The molecule has 3 rings (SSSR count). The molecule has 0 saturated carbocycles. The molecular weight excluding hydrogens is 324 g/mol. The number of nitrogens with zero attached hydrogens (tertiary/aromatic N) is 4. The molecule has 2 aromatic rings. The number of rotatable bonds is 5. The van der Waals surface area contributed by atoms with E-state index in [2.05, 4.69) is 4.98 Å². The van der Waals surface area contributed by atoms with E-state index in [1.54, 1.807) is 42.2 Å². The summed E-state index contributed by atoms with van der Waals surface area (Å²) in [7, 11) is 1.80. The summed E-state index contributed by atoms with van der Waals surface area (Å²) in [6, 6.07) is 6.56. The minimum absolute atomic E-state index is 0.0242. The molecule has 1 aliphatic rings. The molecule has 0 spiro atoms. The smallest absolute Gasteiger partial charge is 0.354 e. The number of hydrogen-bond acceptors (Lipinski definition) is 6. The van der Waals surface area contributed by atoms with E-state index in [-0.39, 0.29) is 17.6 Å². The second-order valence-corrected chi connectivity index (χ2v) is 6.14. The average molecular weight is 344 g/mol. The first-order valence-corrected chi connectivity index (χ1v) is 8.19. The lowest BCUT2D eigenvalue weighted by Gasteiger charge is -2.32. The number of aromatic nitrogens is 2. The lowest BCUT2D eigenvalue weighted by Crippen LogP contribution is -2.36. The van der Waals surface area contributed by atoms with E-state index >= 15 is 0 Å². The van der Waals surface area contributed by atoms with Crippen LogP contribution in [-0.4, -0.2) is 40.1 Å². The molecule has 1 saturated heterocycles. The largest absolute Gasteiger partial charge is 0.461 e. The third-order valence-electron chi connectivity index (χ3n) is 4.48. The number of nitro groups is 1. The molecule has 8 nitrogen and oxygen atoms in total. The number of esters is 1. The summed E-state index contributed by atoms with van der Waals surface area (Å²) in [5, 5.41) is 11.1. The maximum atomic E-state index is 12.0. The van der Waals surface area contributed by atoms with E-state index in [1.807, 2.05) is 4.90 Å². The van der Waals surface area contributed by atoms with Crippen molar-refractivity contribution in [3.05, 3.63) is 52.5 Å². The van der Waals surface area contributed by atoms with E-state index in [0.29, 0.717) is 31.2 Å². The number of anilines is 1. The molecule has 1 fully saturated rings. The Kier molecular flexibility index (Phi) is 4.97. The Morgan fingerprint density at radius 2 is 2.12 bits per heavy atom. The van der Waals surface area contributed by atoms with Crippen LogP contribution in [0.2, 0.25) is 0 Å². The van der Waals surface area contributed by atoms with Crippen LogP contribution in [0.5, 0.6) is 0 Å². The number of carbonyl (C=O) groups excluding carboxylic acids is 1. The van der Waals surface area contributed by atoms with Gasteiger partial charge in [0.15, 0.2) is 0 Å². The molecular formula is C17H20N4O4. The van der Waals surface area contributed by atoms with E-state index in [9.17, 15) is 14.9 Å². The summed E-state index contributed by atoms with van der Waals surface area (Å²) >= 11 is 0. The van der Waals surface area contributed by atoms with Crippen molar-refractivity contribution in [3.8, 4) is 0 Å². The number of carbonyl (C=O) groups is 1. The Balaban J connectivity index is 1.53. The van der Waals surface area contributed by atoms with E-state index in [0.717, 1.165) is 12.8 Å². The SMILES string of the molecule is Cn1cccc1C(=O)OCC1CCN(c2ncccc2[N+](=O)[O-])CC1. The van der Waals surface area contributed by atoms with Gasteiger partial charge in [0, 0.05) is 38.6 Å². The first-order valence-electron chi connectivity index (χ1n) is 8.19. The number of aryl methyl sites for hydroxylation is 1. The predicted molar refractivity (Wildman–Crippen MR) is 91.5 cm³/mol. The number of ether oxygens (including phenoxy) is 1. The number of pyridine rings is 1. The topological polar surface area (TPSA) is 90.5 Å². The zero-order chi connectivity index (χ0) is 17.8. The first kappa shape index (κ1) is 16.9. The predicted octanol–water partition coefficient (Wildman–Crippen LogP) is 2.40. The van der Waals surface area contributed by atoms with E-state index < -0.39 is 4.92 Å². The summed E-state index contributed by atoms with van der Waals surface area (Å²) in [5.74, 6) is 0.338. The van der Waals surface area contributed by atoms with Crippen molar-refractivity contribution in [2.75, 3.05) is 24.6 Å². The minimum Gasteiger partial charge on any atom is -0.461 e. The molecule has 0 unspecified atom stereocenters. The molecule has 0 N–H and O–H groups in total. The van der Waals surface area contributed by atoms with Crippen molar-refractivity contribution in [3.63, 3.8) is 0 Å². The average Bonchev–Trinajstić information content (AvgIpc) is 3.06. The summed E-state index contributed by atoms with van der Waals surface area (Å²) in [4.78, 5) is 28.8. The lowest BCUT2D eigenvalue weighted by atomic mass is 9.98. The van der Waals surface area contributed by atoms with Gasteiger partial charge in [-0.05, 0) is 37.0 Å².